The molecule has 0 aliphatic carbocycles. The van der Waals surface area contributed by atoms with Crippen LogP contribution in [-0.4, -0.2) is 31.9 Å². The molecule has 2 atom stereocenters. The minimum atomic E-state index is -0.888. The first-order chi connectivity index (χ1) is 8.62. The van der Waals surface area contributed by atoms with Crippen LogP contribution >= 0.6 is 0 Å². The van der Waals surface area contributed by atoms with E-state index in [1.54, 1.807) is 19.5 Å². The van der Waals surface area contributed by atoms with Crippen molar-refractivity contribution >= 4 is 10.8 Å². The SMILES string of the molecule is COc1cncc(C2(O)CC3CCC(C2)S3=O)c1. The number of nitrogens with zero attached hydrogens (tertiary/aromatic N) is 1. The number of pyridine rings is 1. The summed E-state index contributed by atoms with van der Waals surface area (Å²) in [6.07, 6.45) is 6.41. The number of aliphatic hydroxyl groups is 1. The van der Waals surface area contributed by atoms with E-state index in [-0.39, 0.29) is 10.5 Å². The summed E-state index contributed by atoms with van der Waals surface area (Å²) in [6.45, 7) is 0. The summed E-state index contributed by atoms with van der Waals surface area (Å²) >= 11 is 0. The van der Waals surface area contributed by atoms with E-state index in [0.717, 1.165) is 18.4 Å². The average molecular weight is 267 g/mol. The minimum Gasteiger partial charge on any atom is -0.495 e. The second-order valence-electron chi connectivity index (χ2n) is 5.20. The molecule has 4 nitrogen and oxygen atoms in total. The molecule has 0 saturated carbocycles. The summed E-state index contributed by atoms with van der Waals surface area (Å²) in [5, 5.41) is 11.1. The third-order valence-electron chi connectivity index (χ3n) is 4.08. The molecule has 1 N–H and O–H groups in total. The third-order valence-corrected chi connectivity index (χ3v) is 6.20. The molecule has 2 saturated heterocycles. The molecule has 0 radical (unpaired) electrons. The minimum absolute atomic E-state index is 0.139. The zero-order chi connectivity index (χ0) is 12.8. The van der Waals surface area contributed by atoms with E-state index < -0.39 is 16.4 Å². The summed E-state index contributed by atoms with van der Waals surface area (Å²) in [4.78, 5) is 4.10. The smallest absolute Gasteiger partial charge is 0.137 e. The van der Waals surface area contributed by atoms with E-state index in [1.807, 2.05) is 6.07 Å². The van der Waals surface area contributed by atoms with E-state index in [4.69, 9.17) is 4.74 Å². The highest BCUT2D eigenvalue weighted by Gasteiger charge is 2.48. The van der Waals surface area contributed by atoms with Crippen molar-refractivity contribution in [1.29, 1.82) is 0 Å². The van der Waals surface area contributed by atoms with Crippen molar-refractivity contribution < 1.29 is 14.1 Å². The van der Waals surface area contributed by atoms with E-state index >= 15 is 0 Å². The lowest BCUT2D eigenvalue weighted by atomic mass is 9.87. The Labute approximate surface area is 109 Å². The Morgan fingerprint density at radius 3 is 2.67 bits per heavy atom. The van der Waals surface area contributed by atoms with Crippen molar-refractivity contribution in [3.05, 3.63) is 24.0 Å². The van der Waals surface area contributed by atoms with Gasteiger partial charge in [0.1, 0.15) is 5.75 Å². The topological polar surface area (TPSA) is 59.4 Å². The van der Waals surface area contributed by atoms with E-state index in [1.165, 1.54) is 0 Å². The van der Waals surface area contributed by atoms with Crippen LogP contribution in [0.4, 0.5) is 0 Å². The predicted octanol–water partition coefficient (Wildman–Crippen LogP) is 1.35. The van der Waals surface area contributed by atoms with Crippen LogP contribution in [0.3, 0.4) is 0 Å². The summed E-state index contributed by atoms with van der Waals surface area (Å²) in [7, 11) is 0.830. The van der Waals surface area contributed by atoms with Gasteiger partial charge >= 0.3 is 0 Å². The van der Waals surface area contributed by atoms with Gasteiger partial charge < -0.3 is 9.84 Å². The quantitative estimate of drug-likeness (QED) is 0.878. The van der Waals surface area contributed by atoms with Crippen molar-refractivity contribution in [2.75, 3.05) is 7.11 Å². The maximum atomic E-state index is 12.0. The zero-order valence-corrected chi connectivity index (χ0v) is 11.2. The fourth-order valence-corrected chi connectivity index (χ4v) is 5.26. The van der Waals surface area contributed by atoms with Gasteiger partial charge in [0.2, 0.25) is 0 Å². The molecule has 3 heterocycles. The first-order valence-electron chi connectivity index (χ1n) is 6.24. The Bertz CT molecular complexity index is 475. The van der Waals surface area contributed by atoms with Crippen LogP contribution in [-0.2, 0) is 16.4 Å². The Morgan fingerprint density at radius 1 is 1.39 bits per heavy atom. The maximum absolute atomic E-state index is 12.0. The van der Waals surface area contributed by atoms with Gasteiger partial charge in [-0.3, -0.25) is 9.19 Å². The van der Waals surface area contributed by atoms with Crippen molar-refractivity contribution in [2.24, 2.45) is 0 Å². The highest BCUT2D eigenvalue weighted by atomic mass is 32.2. The molecule has 0 amide bonds. The molecule has 2 aliphatic heterocycles. The van der Waals surface area contributed by atoms with Crippen molar-refractivity contribution in [3.8, 4) is 5.75 Å². The standard InChI is InChI=1S/C13H17NO3S/c1-17-10-4-9(7-14-8-10)13(15)5-11-2-3-12(6-13)18(11)16/h4,7-8,11-12,15H,2-3,5-6H2,1H3. The molecule has 0 aromatic carbocycles. The van der Waals surface area contributed by atoms with Gasteiger partial charge in [0, 0.05) is 33.1 Å². The normalized spacial score (nSPS) is 38.7. The van der Waals surface area contributed by atoms with Gasteiger partial charge in [-0.1, -0.05) is 0 Å². The monoisotopic (exact) mass is 267 g/mol. The zero-order valence-electron chi connectivity index (χ0n) is 10.3. The predicted molar refractivity (Wildman–Crippen MR) is 68.9 cm³/mol. The van der Waals surface area contributed by atoms with Gasteiger partial charge in [-0.05, 0) is 31.7 Å². The van der Waals surface area contributed by atoms with Crippen molar-refractivity contribution in [1.82, 2.24) is 4.98 Å². The number of hydrogen-bond donors (Lipinski definition) is 1. The van der Waals surface area contributed by atoms with Crippen LogP contribution in [0.5, 0.6) is 5.75 Å². The number of aromatic nitrogens is 1. The molecule has 1 aromatic heterocycles. The third kappa shape index (κ3) is 1.86. The molecule has 3 rings (SSSR count). The molecule has 0 spiro atoms. The number of fused-ring (bicyclic) bond motifs is 2. The number of methoxy groups -OCH3 is 1. The maximum Gasteiger partial charge on any atom is 0.137 e. The highest BCUT2D eigenvalue weighted by Crippen LogP contribution is 2.45. The molecule has 98 valence electrons. The van der Waals surface area contributed by atoms with Crippen LogP contribution in [0.2, 0.25) is 0 Å². The van der Waals surface area contributed by atoms with Crippen molar-refractivity contribution in [2.45, 2.75) is 41.8 Å². The summed E-state index contributed by atoms with van der Waals surface area (Å²) in [5.41, 5.74) is -0.100. The van der Waals surface area contributed by atoms with Gasteiger partial charge in [-0.25, -0.2) is 0 Å². The van der Waals surface area contributed by atoms with Gasteiger partial charge in [-0.2, -0.15) is 0 Å². The van der Waals surface area contributed by atoms with Crippen LogP contribution in [0.1, 0.15) is 31.2 Å². The average Bonchev–Trinajstić information content (AvgIpc) is 2.63. The molecule has 2 aliphatic rings. The Hall–Kier alpha value is -0.940. The highest BCUT2D eigenvalue weighted by molar-refractivity contribution is 7.86. The lowest BCUT2D eigenvalue weighted by molar-refractivity contribution is 0.0179. The van der Waals surface area contributed by atoms with Gasteiger partial charge in [0.25, 0.3) is 0 Å². The van der Waals surface area contributed by atoms with E-state index in [0.29, 0.717) is 18.6 Å². The van der Waals surface area contributed by atoms with Gasteiger partial charge in [0.15, 0.2) is 0 Å². The lowest BCUT2D eigenvalue weighted by Crippen LogP contribution is -2.40. The number of ether oxygens (including phenoxy) is 1. The van der Waals surface area contributed by atoms with E-state index in [9.17, 15) is 9.32 Å². The molecule has 2 bridgehead atoms. The van der Waals surface area contributed by atoms with Crippen LogP contribution in [0.15, 0.2) is 18.5 Å². The largest absolute Gasteiger partial charge is 0.495 e. The Morgan fingerprint density at radius 2 is 2.06 bits per heavy atom. The molecular weight excluding hydrogens is 250 g/mol. The van der Waals surface area contributed by atoms with Crippen LogP contribution < -0.4 is 4.74 Å². The summed E-state index contributed by atoms with van der Waals surface area (Å²) in [5.74, 6) is 0.653. The molecule has 5 heteroatoms. The fourth-order valence-electron chi connectivity index (χ4n) is 3.10. The molecular formula is C13H17NO3S. The Balaban J connectivity index is 1.93. The molecule has 2 fully saturated rings. The lowest BCUT2D eigenvalue weighted by Gasteiger charge is -2.36. The van der Waals surface area contributed by atoms with Crippen molar-refractivity contribution in [3.63, 3.8) is 0 Å². The van der Waals surface area contributed by atoms with Crippen LogP contribution in [0.25, 0.3) is 0 Å². The first kappa shape index (κ1) is 12.1. The number of rotatable bonds is 2. The van der Waals surface area contributed by atoms with Gasteiger partial charge in [0.05, 0.1) is 18.9 Å². The fraction of sp³-hybridized carbons (Fsp3) is 0.615. The van der Waals surface area contributed by atoms with Gasteiger partial charge in [-0.15, -0.1) is 0 Å². The molecule has 18 heavy (non-hydrogen) atoms. The Kier molecular flexibility index (Phi) is 2.90. The summed E-state index contributed by atoms with van der Waals surface area (Å²) in [6, 6.07) is 1.83. The number of hydrogen-bond acceptors (Lipinski definition) is 4. The first-order valence-corrected chi connectivity index (χ1v) is 7.51. The second kappa shape index (κ2) is 4.31. The summed E-state index contributed by atoms with van der Waals surface area (Å²) < 4.78 is 17.1. The molecule has 2 unspecified atom stereocenters. The molecule has 1 aromatic rings. The van der Waals surface area contributed by atoms with Crippen LogP contribution in [0, 0.1) is 0 Å². The van der Waals surface area contributed by atoms with E-state index in [2.05, 4.69) is 4.98 Å². The second-order valence-corrected chi connectivity index (χ2v) is 7.19.